The van der Waals surface area contributed by atoms with Gasteiger partial charge in [0.05, 0.1) is 6.04 Å². The molecule has 1 aromatic heterocycles. The quantitative estimate of drug-likeness (QED) is 0.917. The number of phenolic OH excluding ortho intramolecular Hbond substituents is 1. The van der Waals surface area contributed by atoms with Gasteiger partial charge in [0, 0.05) is 25.5 Å². The van der Waals surface area contributed by atoms with Crippen molar-refractivity contribution in [2.45, 2.75) is 32.0 Å². The number of amides is 1. The summed E-state index contributed by atoms with van der Waals surface area (Å²) < 4.78 is 0. The topological polar surface area (TPSA) is 56.7 Å². The monoisotopic (exact) mass is 325 g/mol. The van der Waals surface area contributed by atoms with Gasteiger partial charge in [-0.25, -0.2) is 0 Å². The van der Waals surface area contributed by atoms with E-state index in [1.165, 1.54) is 0 Å². The number of benzene rings is 1. The number of carbonyl (C=O) groups excluding carboxylic acids is 1. The van der Waals surface area contributed by atoms with Gasteiger partial charge in [-0.15, -0.1) is 0 Å². The average Bonchev–Trinajstić information content (AvgIpc) is 3.02. The zero-order valence-electron chi connectivity index (χ0n) is 13.9. The van der Waals surface area contributed by atoms with E-state index in [9.17, 15) is 9.90 Å². The Bertz CT molecular complexity index is 673. The summed E-state index contributed by atoms with van der Waals surface area (Å²) in [5.41, 5.74) is 2.02. The first-order chi connectivity index (χ1) is 11.6. The molecule has 1 N–H and O–H groups in total. The molecule has 3 rings (SSSR count). The molecular weight excluding hydrogens is 302 g/mol. The van der Waals surface area contributed by atoms with E-state index in [0.717, 1.165) is 30.5 Å². The Hall–Kier alpha value is -2.40. The van der Waals surface area contributed by atoms with E-state index in [2.05, 4.69) is 9.88 Å². The molecule has 5 heteroatoms. The lowest BCUT2D eigenvalue weighted by molar-refractivity contribution is -0.136. The maximum atomic E-state index is 13.0. The number of hydrogen-bond acceptors (Lipinski definition) is 4. The van der Waals surface area contributed by atoms with E-state index < -0.39 is 0 Å². The Morgan fingerprint density at radius 3 is 2.62 bits per heavy atom. The number of rotatable bonds is 5. The Morgan fingerprint density at radius 1 is 1.25 bits per heavy atom. The van der Waals surface area contributed by atoms with Crippen molar-refractivity contribution in [1.82, 2.24) is 14.8 Å². The highest BCUT2D eigenvalue weighted by molar-refractivity contribution is 5.82. The van der Waals surface area contributed by atoms with Crippen LogP contribution in [-0.4, -0.2) is 45.4 Å². The molecule has 0 saturated carbocycles. The largest absolute Gasteiger partial charge is 0.508 e. The SMILES string of the molecule is CN1CCC[C@H]1C(=O)N(Cc1ccc(O)cc1)Cc1cccnc1. The van der Waals surface area contributed by atoms with E-state index in [-0.39, 0.29) is 17.7 Å². The van der Waals surface area contributed by atoms with Crippen LogP contribution >= 0.6 is 0 Å². The molecule has 0 unspecified atom stereocenters. The van der Waals surface area contributed by atoms with Gasteiger partial charge in [-0.2, -0.15) is 0 Å². The van der Waals surface area contributed by atoms with Crippen LogP contribution in [-0.2, 0) is 17.9 Å². The van der Waals surface area contributed by atoms with Crippen LogP contribution in [0.25, 0.3) is 0 Å². The molecule has 1 fully saturated rings. The summed E-state index contributed by atoms with van der Waals surface area (Å²) in [6, 6.07) is 10.9. The number of phenols is 1. The Labute approximate surface area is 142 Å². The minimum Gasteiger partial charge on any atom is -0.508 e. The highest BCUT2D eigenvalue weighted by Crippen LogP contribution is 2.20. The first-order valence-corrected chi connectivity index (χ1v) is 8.29. The molecule has 24 heavy (non-hydrogen) atoms. The van der Waals surface area contributed by atoms with Crippen molar-refractivity contribution in [1.29, 1.82) is 0 Å². The second kappa shape index (κ2) is 7.45. The zero-order chi connectivity index (χ0) is 16.9. The molecule has 0 aliphatic carbocycles. The van der Waals surface area contributed by atoms with Crippen LogP contribution in [0.2, 0.25) is 0 Å². The Morgan fingerprint density at radius 2 is 2.00 bits per heavy atom. The van der Waals surface area contributed by atoms with Gasteiger partial charge in [0.15, 0.2) is 0 Å². The first kappa shape index (κ1) is 16.5. The molecule has 5 nitrogen and oxygen atoms in total. The van der Waals surface area contributed by atoms with Gasteiger partial charge in [-0.05, 0) is 55.8 Å². The molecule has 126 valence electrons. The fourth-order valence-electron chi connectivity index (χ4n) is 3.18. The standard InChI is InChI=1S/C19H23N3O2/c1-21-11-3-5-18(21)19(24)22(14-16-4-2-10-20-12-16)13-15-6-8-17(23)9-7-15/h2,4,6-10,12,18,23H,3,5,11,13-14H2,1H3/t18-/m0/s1. The smallest absolute Gasteiger partial charge is 0.240 e. The number of aromatic hydroxyl groups is 1. The molecule has 0 radical (unpaired) electrons. The highest BCUT2D eigenvalue weighted by atomic mass is 16.3. The summed E-state index contributed by atoms with van der Waals surface area (Å²) in [7, 11) is 2.01. The van der Waals surface area contributed by atoms with Crippen molar-refractivity contribution in [3.05, 3.63) is 59.9 Å². The summed E-state index contributed by atoms with van der Waals surface area (Å²) in [6.45, 7) is 2.03. The van der Waals surface area contributed by atoms with Crippen molar-refractivity contribution in [3.63, 3.8) is 0 Å². The zero-order valence-corrected chi connectivity index (χ0v) is 13.9. The summed E-state index contributed by atoms with van der Waals surface area (Å²) in [4.78, 5) is 21.2. The normalized spacial score (nSPS) is 17.8. The minimum atomic E-state index is -0.0428. The van der Waals surface area contributed by atoms with Crippen molar-refractivity contribution in [2.24, 2.45) is 0 Å². The second-order valence-electron chi connectivity index (χ2n) is 6.36. The number of likely N-dealkylation sites (tertiary alicyclic amines) is 1. The molecule has 1 saturated heterocycles. The number of nitrogens with zero attached hydrogens (tertiary/aromatic N) is 3. The highest BCUT2D eigenvalue weighted by Gasteiger charge is 2.31. The maximum Gasteiger partial charge on any atom is 0.240 e. The van der Waals surface area contributed by atoms with Gasteiger partial charge in [-0.3, -0.25) is 14.7 Å². The second-order valence-corrected chi connectivity index (χ2v) is 6.36. The van der Waals surface area contributed by atoms with E-state index in [4.69, 9.17) is 0 Å². The van der Waals surface area contributed by atoms with Crippen LogP contribution in [0.4, 0.5) is 0 Å². The van der Waals surface area contributed by atoms with Crippen LogP contribution in [0.1, 0.15) is 24.0 Å². The third-order valence-corrected chi connectivity index (χ3v) is 4.52. The molecule has 1 atom stereocenters. The number of aromatic nitrogens is 1. The van der Waals surface area contributed by atoms with Crippen LogP contribution < -0.4 is 0 Å². The lowest BCUT2D eigenvalue weighted by atomic mass is 10.1. The van der Waals surface area contributed by atoms with Crippen LogP contribution in [0, 0.1) is 0 Å². The van der Waals surface area contributed by atoms with Gasteiger partial charge in [-0.1, -0.05) is 18.2 Å². The molecule has 1 amide bonds. The molecule has 2 heterocycles. The lowest BCUT2D eigenvalue weighted by Gasteiger charge is -2.28. The molecule has 0 spiro atoms. The predicted molar refractivity (Wildman–Crippen MR) is 92.2 cm³/mol. The van der Waals surface area contributed by atoms with E-state index in [1.54, 1.807) is 24.5 Å². The maximum absolute atomic E-state index is 13.0. The fraction of sp³-hybridized carbons (Fsp3) is 0.368. The van der Waals surface area contributed by atoms with Gasteiger partial charge >= 0.3 is 0 Å². The van der Waals surface area contributed by atoms with Gasteiger partial charge in [0.2, 0.25) is 5.91 Å². The van der Waals surface area contributed by atoms with Crippen molar-refractivity contribution < 1.29 is 9.90 Å². The van der Waals surface area contributed by atoms with Gasteiger partial charge < -0.3 is 10.0 Å². The summed E-state index contributed by atoms with van der Waals surface area (Å²) in [5.74, 6) is 0.395. The van der Waals surface area contributed by atoms with Gasteiger partial charge in [0.25, 0.3) is 0 Å². The fourth-order valence-corrected chi connectivity index (χ4v) is 3.18. The van der Waals surface area contributed by atoms with Crippen LogP contribution in [0.15, 0.2) is 48.8 Å². The third-order valence-electron chi connectivity index (χ3n) is 4.52. The van der Waals surface area contributed by atoms with Crippen molar-refractivity contribution in [3.8, 4) is 5.75 Å². The van der Waals surface area contributed by atoms with E-state index in [1.807, 2.05) is 36.2 Å². The summed E-state index contributed by atoms with van der Waals surface area (Å²) in [5, 5.41) is 9.45. The summed E-state index contributed by atoms with van der Waals surface area (Å²) >= 11 is 0. The minimum absolute atomic E-state index is 0.0428. The first-order valence-electron chi connectivity index (χ1n) is 8.29. The summed E-state index contributed by atoms with van der Waals surface area (Å²) in [6.07, 6.45) is 5.51. The van der Waals surface area contributed by atoms with Crippen molar-refractivity contribution >= 4 is 5.91 Å². The lowest BCUT2D eigenvalue weighted by Crippen LogP contribution is -2.43. The number of hydrogen-bond donors (Lipinski definition) is 1. The van der Waals surface area contributed by atoms with Crippen LogP contribution in [0.5, 0.6) is 5.75 Å². The molecule has 1 aromatic carbocycles. The molecule has 1 aliphatic rings. The van der Waals surface area contributed by atoms with Crippen molar-refractivity contribution in [2.75, 3.05) is 13.6 Å². The molecular formula is C19H23N3O2. The van der Waals surface area contributed by atoms with Crippen LogP contribution in [0.3, 0.4) is 0 Å². The average molecular weight is 325 g/mol. The molecule has 2 aromatic rings. The Kier molecular flexibility index (Phi) is 5.11. The third kappa shape index (κ3) is 3.92. The molecule has 1 aliphatic heterocycles. The number of pyridine rings is 1. The molecule has 0 bridgehead atoms. The van der Waals surface area contributed by atoms with E-state index in [0.29, 0.717) is 13.1 Å². The predicted octanol–water partition coefficient (Wildman–Crippen LogP) is 2.41. The Balaban J connectivity index is 1.79. The number of likely N-dealkylation sites (N-methyl/N-ethyl adjacent to an activating group) is 1. The van der Waals surface area contributed by atoms with E-state index >= 15 is 0 Å². The van der Waals surface area contributed by atoms with Gasteiger partial charge in [0.1, 0.15) is 5.75 Å². The number of carbonyl (C=O) groups is 1.